The van der Waals surface area contributed by atoms with Crippen molar-refractivity contribution in [1.82, 2.24) is 9.80 Å². The molecule has 5 heteroatoms. The molecule has 1 aliphatic rings. The van der Waals surface area contributed by atoms with Gasteiger partial charge in [0.1, 0.15) is 6.10 Å². The molecule has 1 unspecified atom stereocenters. The van der Waals surface area contributed by atoms with Gasteiger partial charge in [0.25, 0.3) is 0 Å². The van der Waals surface area contributed by atoms with Gasteiger partial charge in [-0.05, 0) is 32.9 Å². The van der Waals surface area contributed by atoms with E-state index in [2.05, 4.69) is 25.8 Å². The van der Waals surface area contributed by atoms with E-state index in [1.807, 2.05) is 4.90 Å². The number of hydrogen-bond donors (Lipinski definition) is 0. The normalized spacial score (nSPS) is 15.1. The minimum Gasteiger partial charge on any atom is -0.459 e. The molecule has 0 N–H and O–H groups in total. The third kappa shape index (κ3) is 14.6. The van der Waals surface area contributed by atoms with E-state index in [0.29, 0.717) is 25.9 Å². The van der Waals surface area contributed by atoms with E-state index in [1.54, 1.807) is 0 Å². The zero-order chi connectivity index (χ0) is 22.7. The van der Waals surface area contributed by atoms with Gasteiger partial charge in [-0.2, -0.15) is 0 Å². The monoisotopic (exact) mass is 438 g/mol. The van der Waals surface area contributed by atoms with Crippen LogP contribution in [0.3, 0.4) is 0 Å². The summed E-state index contributed by atoms with van der Waals surface area (Å²) >= 11 is 0. The van der Waals surface area contributed by atoms with Gasteiger partial charge in [0.2, 0.25) is 5.91 Å². The summed E-state index contributed by atoms with van der Waals surface area (Å²) in [6.07, 6.45) is 17.9. The number of carbonyl (C=O) groups excluding carboxylic acids is 2. The van der Waals surface area contributed by atoms with Crippen molar-refractivity contribution in [1.29, 1.82) is 0 Å². The zero-order valence-electron chi connectivity index (χ0n) is 20.8. The van der Waals surface area contributed by atoms with Crippen molar-refractivity contribution in [3.05, 3.63) is 0 Å². The Morgan fingerprint density at radius 1 is 0.935 bits per heavy atom. The Morgan fingerprint density at radius 2 is 1.52 bits per heavy atom. The minimum atomic E-state index is -0.218. The van der Waals surface area contributed by atoms with Gasteiger partial charge < -0.3 is 14.5 Å². The maximum atomic E-state index is 12.5. The summed E-state index contributed by atoms with van der Waals surface area (Å²) in [6.45, 7) is 7.54. The predicted octanol–water partition coefficient (Wildman–Crippen LogP) is 5.95. The number of ether oxygens (including phenoxy) is 1. The van der Waals surface area contributed by atoms with Gasteiger partial charge in [-0.25, -0.2) is 0 Å². The highest BCUT2D eigenvalue weighted by molar-refractivity contribution is 5.78. The smallest absolute Gasteiger partial charge is 0.306 e. The van der Waals surface area contributed by atoms with Crippen LogP contribution in [0.15, 0.2) is 0 Å². The van der Waals surface area contributed by atoms with E-state index < -0.39 is 0 Å². The van der Waals surface area contributed by atoms with E-state index in [1.165, 1.54) is 70.6 Å². The molecular weight excluding hydrogens is 388 g/mol. The fourth-order valence-electron chi connectivity index (χ4n) is 4.35. The lowest BCUT2D eigenvalue weighted by Crippen LogP contribution is -2.42. The first kappa shape index (κ1) is 27.9. The summed E-state index contributed by atoms with van der Waals surface area (Å²) in [5.41, 5.74) is 0. The van der Waals surface area contributed by atoms with Crippen LogP contribution in [-0.4, -0.2) is 61.0 Å². The third-order valence-corrected chi connectivity index (χ3v) is 6.29. The molecule has 1 aliphatic heterocycles. The SMILES string of the molecule is CCCCCCCCCCC(=O)OC(CN(C)CCCCCCC)CN1CCCC1=O. The second-order valence-corrected chi connectivity index (χ2v) is 9.46. The lowest BCUT2D eigenvalue weighted by molar-refractivity contribution is -0.152. The van der Waals surface area contributed by atoms with Crippen molar-refractivity contribution in [2.24, 2.45) is 0 Å². The maximum Gasteiger partial charge on any atom is 0.306 e. The Bertz CT molecular complexity index is 470. The van der Waals surface area contributed by atoms with Gasteiger partial charge in [-0.1, -0.05) is 84.5 Å². The Labute approximate surface area is 192 Å². The molecule has 0 aliphatic carbocycles. The van der Waals surface area contributed by atoms with E-state index in [0.717, 1.165) is 32.4 Å². The van der Waals surface area contributed by atoms with Gasteiger partial charge in [0, 0.05) is 25.9 Å². The van der Waals surface area contributed by atoms with Gasteiger partial charge in [0.15, 0.2) is 0 Å². The fraction of sp³-hybridized carbons (Fsp3) is 0.923. The second kappa shape index (κ2) is 18.5. The lowest BCUT2D eigenvalue weighted by atomic mass is 10.1. The molecule has 1 rings (SSSR count). The average molecular weight is 439 g/mol. The first-order valence-electron chi connectivity index (χ1n) is 13.2. The van der Waals surface area contributed by atoms with Gasteiger partial charge in [-0.15, -0.1) is 0 Å². The van der Waals surface area contributed by atoms with Crippen LogP contribution in [-0.2, 0) is 14.3 Å². The van der Waals surface area contributed by atoms with E-state index in [-0.39, 0.29) is 18.0 Å². The molecule has 0 radical (unpaired) electrons. The summed E-state index contributed by atoms with van der Waals surface area (Å²) in [6, 6.07) is 0. The van der Waals surface area contributed by atoms with Gasteiger partial charge >= 0.3 is 5.97 Å². The van der Waals surface area contributed by atoms with Crippen LogP contribution in [0.2, 0.25) is 0 Å². The van der Waals surface area contributed by atoms with Crippen molar-refractivity contribution >= 4 is 11.9 Å². The van der Waals surface area contributed by atoms with Crippen LogP contribution in [0.1, 0.15) is 117 Å². The Hall–Kier alpha value is -1.10. The Balaban J connectivity index is 2.32. The number of unbranched alkanes of at least 4 members (excludes halogenated alkanes) is 11. The molecule has 0 spiro atoms. The van der Waals surface area contributed by atoms with Crippen LogP contribution in [0.5, 0.6) is 0 Å². The van der Waals surface area contributed by atoms with Crippen LogP contribution < -0.4 is 0 Å². The first-order valence-corrected chi connectivity index (χ1v) is 13.2. The largest absolute Gasteiger partial charge is 0.459 e. The van der Waals surface area contributed by atoms with Crippen molar-refractivity contribution < 1.29 is 14.3 Å². The van der Waals surface area contributed by atoms with Gasteiger partial charge in [0.05, 0.1) is 6.54 Å². The highest BCUT2D eigenvalue weighted by atomic mass is 16.5. The summed E-state index contributed by atoms with van der Waals surface area (Å²) in [7, 11) is 2.10. The standard InChI is InChI=1S/C26H50N2O3/c1-4-6-8-10-11-12-13-15-19-26(30)31-24(23-28-21-17-18-25(28)29)22-27(3)20-16-14-9-7-5-2/h24H,4-23H2,1-3H3. The number of likely N-dealkylation sites (N-methyl/N-ethyl adjacent to an activating group) is 1. The molecule has 1 fully saturated rings. The summed E-state index contributed by atoms with van der Waals surface area (Å²) in [4.78, 5) is 28.7. The van der Waals surface area contributed by atoms with E-state index >= 15 is 0 Å². The summed E-state index contributed by atoms with van der Waals surface area (Å²) < 4.78 is 5.86. The number of hydrogen-bond acceptors (Lipinski definition) is 4. The first-order chi connectivity index (χ1) is 15.1. The molecule has 1 atom stereocenters. The number of likely N-dealkylation sites (tertiary alicyclic amines) is 1. The number of nitrogens with zero attached hydrogens (tertiary/aromatic N) is 2. The van der Waals surface area contributed by atoms with Crippen molar-refractivity contribution in [3.8, 4) is 0 Å². The molecule has 5 nitrogen and oxygen atoms in total. The molecule has 0 bridgehead atoms. The average Bonchev–Trinajstić information content (AvgIpc) is 3.14. The quantitative estimate of drug-likeness (QED) is 0.174. The van der Waals surface area contributed by atoms with Crippen LogP contribution in [0, 0.1) is 0 Å². The minimum absolute atomic E-state index is 0.0982. The predicted molar refractivity (Wildman–Crippen MR) is 129 cm³/mol. The van der Waals surface area contributed by atoms with Crippen LogP contribution in [0.25, 0.3) is 0 Å². The number of carbonyl (C=O) groups is 2. The maximum absolute atomic E-state index is 12.5. The molecule has 0 saturated carbocycles. The Kier molecular flexibility index (Phi) is 16.6. The van der Waals surface area contributed by atoms with Gasteiger partial charge in [-0.3, -0.25) is 9.59 Å². The van der Waals surface area contributed by atoms with Crippen molar-refractivity contribution in [3.63, 3.8) is 0 Å². The lowest BCUT2D eigenvalue weighted by Gasteiger charge is -2.28. The molecule has 182 valence electrons. The van der Waals surface area contributed by atoms with E-state index in [9.17, 15) is 9.59 Å². The van der Waals surface area contributed by atoms with Crippen molar-refractivity contribution in [2.45, 2.75) is 123 Å². The van der Waals surface area contributed by atoms with E-state index in [4.69, 9.17) is 4.74 Å². The molecule has 1 heterocycles. The second-order valence-electron chi connectivity index (χ2n) is 9.46. The molecular formula is C26H50N2O3. The molecule has 0 aromatic heterocycles. The molecule has 1 saturated heterocycles. The van der Waals surface area contributed by atoms with Crippen LogP contribution >= 0.6 is 0 Å². The molecule has 31 heavy (non-hydrogen) atoms. The topological polar surface area (TPSA) is 49.9 Å². The number of amides is 1. The number of esters is 1. The fourth-order valence-corrected chi connectivity index (χ4v) is 4.35. The summed E-state index contributed by atoms with van der Waals surface area (Å²) in [5, 5.41) is 0. The highest BCUT2D eigenvalue weighted by Gasteiger charge is 2.26. The molecule has 0 aromatic carbocycles. The zero-order valence-corrected chi connectivity index (χ0v) is 20.8. The third-order valence-electron chi connectivity index (χ3n) is 6.29. The molecule has 0 aromatic rings. The van der Waals surface area contributed by atoms with Crippen molar-refractivity contribution in [2.75, 3.05) is 33.2 Å². The van der Waals surface area contributed by atoms with Crippen LogP contribution in [0.4, 0.5) is 0 Å². The number of rotatable bonds is 20. The summed E-state index contributed by atoms with van der Waals surface area (Å²) in [5.74, 6) is 0.102. The Morgan fingerprint density at radius 3 is 2.10 bits per heavy atom. The molecule has 1 amide bonds. The highest BCUT2D eigenvalue weighted by Crippen LogP contribution is 2.14.